The van der Waals surface area contributed by atoms with Crippen LogP contribution in [-0.4, -0.2) is 16.1 Å². The largest absolute Gasteiger partial charge is 0.0763 e. The Bertz CT molecular complexity index is 344. The first-order valence-electron chi connectivity index (χ1n) is 8.98. The SMILES string of the molecule is CC(C)(C)C1CCC(=C(C[Si](C)(C)C)C[Si](C)(C)C)CC1. The van der Waals surface area contributed by atoms with Gasteiger partial charge in [0.05, 0.1) is 0 Å². The molecule has 1 rings (SSSR count). The van der Waals surface area contributed by atoms with Crippen LogP contribution in [0.1, 0.15) is 46.5 Å². The van der Waals surface area contributed by atoms with Crippen LogP contribution in [0.4, 0.5) is 0 Å². The molecule has 0 bridgehead atoms. The quantitative estimate of drug-likeness (QED) is 0.379. The van der Waals surface area contributed by atoms with E-state index in [0.717, 1.165) is 5.92 Å². The number of hydrogen-bond donors (Lipinski definition) is 0. The lowest BCUT2D eigenvalue weighted by Crippen LogP contribution is -2.28. The zero-order valence-electron chi connectivity index (χ0n) is 16.3. The van der Waals surface area contributed by atoms with Crippen molar-refractivity contribution in [2.24, 2.45) is 11.3 Å². The molecule has 0 amide bonds. The van der Waals surface area contributed by atoms with Crippen LogP contribution in [-0.2, 0) is 0 Å². The Balaban J connectivity index is 2.88. The molecule has 0 aliphatic heterocycles. The number of allylic oxidation sites excluding steroid dienone is 2. The Morgan fingerprint density at radius 2 is 1.24 bits per heavy atom. The van der Waals surface area contributed by atoms with E-state index >= 15 is 0 Å². The Hall–Kier alpha value is 0.174. The molecule has 1 aliphatic rings. The average molecular weight is 325 g/mol. The smallest absolute Gasteiger partial charge is 0.0483 e. The minimum atomic E-state index is -0.993. The Labute approximate surface area is 136 Å². The van der Waals surface area contributed by atoms with Crippen molar-refractivity contribution < 1.29 is 0 Å². The summed E-state index contributed by atoms with van der Waals surface area (Å²) in [5.74, 6) is 0.932. The molecule has 0 nitrogen and oxygen atoms in total. The highest BCUT2D eigenvalue weighted by molar-refractivity contribution is 6.78. The third-order valence-electron chi connectivity index (χ3n) is 4.80. The highest BCUT2D eigenvalue weighted by atomic mass is 28.3. The maximum absolute atomic E-state index is 2.54. The molecule has 0 aromatic carbocycles. The third-order valence-corrected chi connectivity index (χ3v) is 7.78. The molecule has 0 unspecified atom stereocenters. The van der Waals surface area contributed by atoms with Gasteiger partial charge in [0.1, 0.15) is 0 Å². The van der Waals surface area contributed by atoms with Gasteiger partial charge in [-0.1, -0.05) is 71.2 Å². The van der Waals surface area contributed by atoms with E-state index in [2.05, 4.69) is 60.1 Å². The van der Waals surface area contributed by atoms with Crippen molar-refractivity contribution in [3.05, 3.63) is 11.1 Å². The topological polar surface area (TPSA) is 0 Å². The Morgan fingerprint density at radius 1 is 0.857 bits per heavy atom. The lowest BCUT2D eigenvalue weighted by atomic mass is 9.71. The molecule has 21 heavy (non-hydrogen) atoms. The first kappa shape index (κ1) is 19.2. The summed E-state index contributed by atoms with van der Waals surface area (Å²) in [5, 5.41) is 0. The van der Waals surface area contributed by atoms with Gasteiger partial charge in [0, 0.05) is 16.1 Å². The highest BCUT2D eigenvalue weighted by Gasteiger charge is 2.30. The van der Waals surface area contributed by atoms with Gasteiger partial charge in [-0.3, -0.25) is 0 Å². The molecule has 0 radical (unpaired) electrons. The van der Waals surface area contributed by atoms with Gasteiger partial charge in [-0.25, -0.2) is 0 Å². The molecule has 1 fully saturated rings. The van der Waals surface area contributed by atoms with Crippen LogP contribution in [0.5, 0.6) is 0 Å². The second kappa shape index (κ2) is 6.74. The third kappa shape index (κ3) is 7.32. The summed E-state index contributed by atoms with van der Waals surface area (Å²) in [5.41, 5.74) is 4.28. The highest BCUT2D eigenvalue weighted by Crippen LogP contribution is 2.42. The van der Waals surface area contributed by atoms with E-state index in [0.29, 0.717) is 5.41 Å². The van der Waals surface area contributed by atoms with Gasteiger partial charge in [-0.05, 0) is 49.1 Å². The van der Waals surface area contributed by atoms with Crippen LogP contribution >= 0.6 is 0 Å². The van der Waals surface area contributed by atoms with E-state index in [1.807, 2.05) is 11.1 Å². The maximum atomic E-state index is 2.54. The second-order valence-electron chi connectivity index (χ2n) is 10.8. The van der Waals surface area contributed by atoms with Gasteiger partial charge < -0.3 is 0 Å². The summed E-state index contributed by atoms with van der Waals surface area (Å²) in [7, 11) is -1.99. The maximum Gasteiger partial charge on any atom is 0.0483 e. The average Bonchev–Trinajstić information content (AvgIpc) is 2.23. The molecule has 0 aromatic rings. The predicted molar refractivity (Wildman–Crippen MR) is 105 cm³/mol. The fourth-order valence-electron chi connectivity index (χ4n) is 3.78. The number of hydrogen-bond acceptors (Lipinski definition) is 0. The van der Waals surface area contributed by atoms with Crippen molar-refractivity contribution in [1.29, 1.82) is 0 Å². The van der Waals surface area contributed by atoms with E-state index in [1.54, 1.807) is 0 Å². The summed E-state index contributed by atoms with van der Waals surface area (Å²) in [6.07, 6.45) is 5.65. The van der Waals surface area contributed by atoms with Crippen molar-refractivity contribution in [1.82, 2.24) is 0 Å². The summed E-state index contributed by atoms with van der Waals surface area (Å²) in [4.78, 5) is 0. The lowest BCUT2D eigenvalue weighted by molar-refractivity contribution is 0.197. The summed E-state index contributed by atoms with van der Waals surface area (Å²) < 4.78 is 0. The molecule has 0 N–H and O–H groups in total. The van der Waals surface area contributed by atoms with E-state index in [9.17, 15) is 0 Å². The molecule has 2 heteroatoms. The molecule has 0 aromatic heterocycles. The molecular formula is C19H40Si2. The van der Waals surface area contributed by atoms with Crippen molar-refractivity contribution >= 4 is 16.1 Å². The first-order chi connectivity index (χ1) is 9.28. The lowest BCUT2D eigenvalue weighted by Gasteiger charge is -2.36. The number of rotatable bonds is 4. The minimum Gasteiger partial charge on any atom is -0.0763 e. The fraction of sp³-hybridized carbons (Fsp3) is 0.895. The van der Waals surface area contributed by atoms with Crippen molar-refractivity contribution in [3.63, 3.8) is 0 Å². The van der Waals surface area contributed by atoms with Crippen molar-refractivity contribution in [3.8, 4) is 0 Å². The zero-order valence-corrected chi connectivity index (χ0v) is 18.3. The Morgan fingerprint density at radius 3 is 1.52 bits per heavy atom. The first-order valence-corrected chi connectivity index (χ1v) is 16.4. The fourth-order valence-corrected chi connectivity index (χ4v) is 7.34. The Kier molecular flexibility index (Phi) is 6.17. The monoisotopic (exact) mass is 324 g/mol. The van der Waals surface area contributed by atoms with E-state index in [4.69, 9.17) is 0 Å². The molecule has 1 aliphatic carbocycles. The van der Waals surface area contributed by atoms with E-state index < -0.39 is 16.1 Å². The van der Waals surface area contributed by atoms with Gasteiger partial charge in [-0.15, -0.1) is 0 Å². The van der Waals surface area contributed by atoms with E-state index in [1.165, 1.54) is 37.8 Å². The van der Waals surface area contributed by atoms with Gasteiger partial charge in [-0.2, -0.15) is 0 Å². The molecule has 124 valence electrons. The molecular weight excluding hydrogens is 284 g/mol. The molecule has 1 saturated carbocycles. The van der Waals surface area contributed by atoms with E-state index in [-0.39, 0.29) is 0 Å². The second-order valence-corrected chi connectivity index (χ2v) is 21.8. The van der Waals surface area contributed by atoms with Crippen LogP contribution in [0.2, 0.25) is 51.4 Å². The minimum absolute atomic E-state index is 0.503. The van der Waals surface area contributed by atoms with Crippen molar-refractivity contribution in [2.75, 3.05) is 0 Å². The van der Waals surface area contributed by atoms with Crippen LogP contribution in [0.25, 0.3) is 0 Å². The molecule has 0 heterocycles. The van der Waals surface area contributed by atoms with Crippen LogP contribution in [0.3, 0.4) is 0 Å². The summed E-state index contributed by atoms with van der Waals surface area (Å²) in [6.45, 7) is 22.5. The summed E-state index contributed by atoms with van der Waals surface area (Å²) >= 11 is 0. The van der Waals surface area contributed by atoms with Gasteiger partial charge in [0.25, 0.3) is 0 Å². The van der Waals surface area contributed by atoms with Crippen LogP contribution in [0.15, 0.2) is 11.1 Å². The van der Waals surface area contributed by atoms with Gasteiger partial charge in [0.2, 0.25) is 0 Å². The normalized spacial score (nSPS) is 21.6. The van der Waals surface area contributed by atoms with Gasteiger partial charge in [0.15, 0.2) is 0 Å². The van der Waals surface area contributed by atoms with Crippen LogP contribution in [0, 0.1) is 11.3 Å². The molecule has 0 spiro atoms. The van der Waals surface area contributed by atoms with Crippen molar-refractivity contribution in [2.45, 2.75) is 97.8 Å². The summed E-state index contributed by atoms with van der Waals surface area (Å²) in [6, 6.07) is 2.90. The van der Waals surface area contributed by atoms with Gasteiger partial charge >= 0.3 is 0 Å². The molecule has 0 saturated heterocycles. The van der Waals surface area contributed by atoms with Crippen LogP contribution < -0.4 is 0 Å². The molecule has 0 atom stereocenters. The predicted octanol–water partition coefficient (Wildman–Crippen LogP) is 7.20. The zero-order chi connectivity index (χ0) is 16.5. The standard InChI is InChI=1S/C19H40Si2/c1-19(2,3)18-12-10-16(11-13-18)17(14-20(4,5)6)15-21(7,8)9/h18H,10-15H2,1-9H3.